The molecule has 0 amide bonds. The van der Waals surface area contributed by atoms with Gasteiger partial charge in [-0.05, 0) is 32.4 Å². The summed E-state index contributed by atoms with van der Waals surface area (Å²) in [5.41, 5.74) is 0. The van der Waals surface area contributed by atoms with Crippen molar-refractivity contribution in [3.8, 4) is 12.5 Å². The maximum atomic E-state index is 5.03. The fourth-order valence-corrected chi connectivity index (χ4v) is 1.06. The Hall–Kier alpha value is -0.680. The maximum absolute atomic E-state index is 5.03. The molecule has 11 heavy (non-hydrogen) atoms. The molecule has 0 aliphatic heterocycles. The Labute approximate surface area is 69.8 Å². The first-order valence-electron chi connectivity index (χ1n) is 4.14. The Morgan fingerprint density at radius 2 is 2.27 bits per heavy atom. The summed E-state index contributed by atoms with van der Waals surface area (Å²) in [7, 11) is 1.98. The lowest BCUT2D eigenvalue weighted by atomic mass is 10.1. The van der Waals surface area contributed by atoms with Crippen LogP contribution < -0.4 is 10.6 Å². The number of hydrogen-bond donors (Lipinski definition) is 2. The molecular formula is C9H18N2. The van der Waals surface area contributed by atoms with Crippen molar-refractivity contribution in [2.75, 3.05) is 20.1 Å². The molecule has 0 fully saturated rings. The quantitative estimate of drug-likeness (QED) is 0.336. The van der Waals surface area contributed by atoms with Crippen molar-refractivity contribution in [3.63, 3.8) is 0 Å². The van der Waals surface area contributed by atoms with Gasteiger partial charge in [0.15, 0.2) is 0 Å². The van der Waals surface area contributed by atoms with E-state index in [-0.39, 0.29) is 0 Å². The number of rotatable bonds is 6. The van der Waals surface area contributed by atoms with E-state index in [0.29, 0.717) is 0 Å². The van der Waals surface area contributed by atoms with Crippen molar-refractivity contribution in [3.05, 3.63) is 0 Å². The summed E-state index contributed by atoms with van der Waals surface area (Å²) in [5.74, 6) is 0.750. The SMILES string of the molecule is C#CNCCCC(C)CNC. The molecule has 2 heteroatoms. The smallest absolute Gasteiger partial charge is 0.0229 e. The van der Waals surface area contributed by atoms with Crippen molar-refractivity contribution in [2.45, 2.75) is 19.8 Å². The molecule has 2 N–H and O–H groups in total. The summed E-state index contributed by atoms with van der Waals surface area (Å²) in [6.45, 7) is 4.27. The van der Waals surface area contributed by atoms with Crippen LogP contribution in [0, 0.1) is 18.4 Å². The van der Waals surface area contributed by atoms with Gasteiger partial charge in [-0.1, -0.05) is 13.3 Å². The van der Waals surface area contributed by atoms with Crippen LogP contribution >= 0.6 is 0 Å². The average Bonchev–Trinajstić information content (AvgIpc) is 1.99. The summed E-state index contributed by atoms with van der Waals surface area (Å²) >= 11 is 0. The number of terminal acetylenes is 1. The first-order chi connectivity index (χ1) is 5.31. The zero-order valence-electron chi connectivity index (χ0n) is 7.48. The largest absolute Gasteiger partial charge is 0.346 e. The van der Waals surface area contributed by atoms with Crippen LogP contribution in [0.1, 0.15) is 19.8 Å². The predicted molar refractivity (Wildman–Crippen MR) is 49.2 cm³/mol. The fourth-order valence-electron chi connectivity index (χ4n) is 1.06. The van der Waals surface area contributed by atoms with E-state index in [1.165, 1.54) is 6.42 Å². The highest BCUT2D eigenvalue weighted by molar-refractivity contribution is 4.79. The first kappa shape index (κ1) is 10.3. The number of nitrogens with one attached hydrogen (secondary N) is 2. The second-order valence-corrected chi connectivity index (χ2v) is 2.88. The van der Waals surface area contributed by atoms with Crippen LogP contribution in [0.4, 0.5) is 0 Å². The lowest BCUT2D eigenvalue weighted by molar-refractivity contribution is 0.484. The molecule has 2 nitrogen and oxygen atoms in total. The molecule has 0 aromatic heterocycles. The molecule has 64 valence electrons. The minimum absolute atomic E-state index is 0.750. The molecule has 0 saturated carbocycles. The zero-order chi connectivity index (χ0) is 8.53. The van der Waals surface area contributed by atoms with E-state index in [0.717, 1.165) is 25.4 Å². The standard InChI is InChI=1S/C9H18N2/c1-4-11-7-5-6-9(2)8-10-3/h1,9-11H,5-8H2,2-3H3. The molecule has 0 aliphatic carbocycles. The van der Waals surface area contributed by atoms with Gasteiger partial charge in [-0.25, -0.2) is 0 Å². The molecule has 0 radical (unpaired) electrons. The van der Waals surface area contributed by atoms with Crippen LogP contribution in [0.15, 0.2) is 0 Å². The normalized spacial score (nSPS) is 12.1. The predicted octanol–water partition coefficient (Wildman–Crippen LogP) is 0.802. The summed E-state index contributed by atoms with van der Waals surface area (Å²) in [5, 5.41) is 6.00. The topological polar surface area (TPSA) is 24.1 Å². The highest BCUT2D eigenvalue weighted by Gasteiger charge is 1.98. The Morgan fingerprint density at radius 3 is 2.82 bits per heavy atom. The third-order valence-corrected chi connectivity index (χ3v) is 1.65. The van der Waals surface area contributed by atoms with E-state index in [1.807, 2.05) is 7.05 Å². The van der Waals surface area contributed by atoms with Crippen LogP contribution in [-0.4, -0.2) is 20.1 Å². The van der Waals surface area contributed by atoms with Crippen molar-refractivity contribution in [1.82, 2.24) is 10.6 Å². The molecule has 0 saturated heterocycles. The Kier molecular flexibility index (Phi) is 6.97. The van der Waals surface area contributed by atoms with E-state index in [1.54, 1.807) is 0 Å². The van der Waals surface area contributed by atoms with Crippen molar-refractivity contribution >= 4 is 0 Å². The average molecular weight is 154 g/mol. The van der Waals surface area contributed by atoms with E-state index in [4.69, 9.17) is 6.42 Å². The molecule has 0 heterocycles. The minimum Gasteiger partial charge on any atom is -0.346 e. The third-order valence-electron chi connectivity index (χ3n) is 1.65. The molecule has 0 bridgehead atoms. The van der Waals surface area contributed by atoms with Gasteiger partial charge in [0, 0.05) is 12.6 Å². The van der Waals surface area contributed by atoms with E-state index in [2.05, 4.69) is 23.6 Å². The van der Waals surface area contributed by atoms with Crippen molar-refractivity contribution in [1.29, 1.82) is 0 Å². The highest BCUT2D eigenvalue weighted by Crippen LogP contribution is 2.02. The summed E-state index contributed by atoms with van der Waals surface area (Å²) in [6.07, 6.45) is 7.42. The first-order valence-corrected chi connectivity index (χ1v) is 4.14. The summed E-state index contributed by atoms with van der Waals surface area (Å²) in [4.78, 5) is 0. The lowest BCUT2D eigenvalue weighted by Crippen LogP contribution is -2.17. The van der Waals surface area contributed by atoms with Gasteiger partial charge in [0.05, 0.1) is 0 Å². The van der Waals surface area contributed by atoms with Crippen LogP contribution in [0.25, 0.3) is 0 Å². The van der Waals surface area contributed by atoms with Gasteiger partial charge < -0.3 is 10.6 Å². The Bertz CT molecular complexity index is 115. The van der Waals surface area contributed by atoms with E-state index >= 15 is 0 Å². The van der Waals surface area contributed by atoms with Crippen molar-refractivity contribution in [2.24, 2.45) is 5.92 Å². The molecular weight excluding hydrogens is 136 g/mol. The van der Waals surface area contributed by atoms with Crippen LogP contribution in [0.2, 0.25) is 0 Å². The van der Waals surface area contributed by atoms with E-state index < -0.39 is 0 Å². The molecule has 0 spiro atoms. The van der Waals surface area contributed by atoms with Crippen molar-refractivity contribution < 1.29 is 0 Å². The summed E-state index contributed by atoms with van der Waals surface area (Å²) < 4.78 is 0. The monoisotopic (exact) mass is 154 g/mol. The van der Waals surface area contributed by atoms with Gasteiger partial charge in [-0.3, -0.25) is 0 Å². The van der Waals surface area contributed by atoms with Gasteiger partial charge in [-0.15, -0.1) is 0 Å². The maximum Gasteiger partial charge on any atom is 0.0229 e. The molecule has 0 aliphatic rings. The van der Waals surface area contributed by atoms with Crippen LogP contribution in [0.3, 0.4) is 0 Å². The second-order valence-electron chi connectivity index (χ2n) is 2.88. The fraction of sp³-hybridized carbons (Fsp3) is 0.778. The highest BCUT2D eigenvalue weighted by atomic mass is 14.8. The minimum atomic E-state index is 0.750. The zero-order valence-corrected chi connectivity index (χ0v) is 7.48. The molecule has 0 aromatic rings. The third kappa shape index (κ3) is 7.21. The summed E-state index contributed by atoms with van der Waals surface area (Å²) in [6, 6.07) is 2.41. The van der Waals surface area contributed by atoms with Crippen LogP contribution in [0.5, 0.6) is 0 Å². The van der Waals surface area contributed by atoms with Gasteiger partial charge in [0.2, 0.25) is 0 Å². The molecule has 0 aromatic carbocycles. The Balaban J connectivity index is 3.05. The molecule has 0 rings (SSSR count). The van der Waals surface area contributed by atoms with E-state index in [9.17, 15) is 0 Å². The van der Waals surface area contributed by atoms with Gasteiger partial charge >= 0.3 is 0 Å². The molecule has 1 atom stereocenters. The Morgan fingerprint density at radius 1 is 1.55 bits per heavy atom. The van der Waals surface area contributed by atoms with Gasteiger partial charge in [0.1, 0.15) is 0 Å². The lowest BCUT2D eigenvalue weighted by Gasteiger charge is -2.09. The second kappa shape index (κ2) is 7.43. The van der Waals surface area contributed by atoms with Crippen LogP contribution in [-0.2, 0) is 0 Å². The van der Waals surface area contributed by atoms with Gasteiger partial charge in [0.25, 0.3) is 0 Å². The van der Waals surface area contributed by atoms with Gasteiger partial charge in [-0.2, -0.15) is 0 Å². The molecule has 1 unspecified atom stereocenters. The number of hydrogen-bond acceptors (Lipinski definition) is 2.